The molecule has 1 aliphatic heterocycles. The largest absolute Gasteiger partial charge is 0.466 e. The molecule has 1 aliphatic rings. The Balaban J connectivity index is 1.92. The van der Waals surface area contributed by atoms with E-state index in [1.165, 1.54) is 0 Å². The standard InChI is InChI=1S/C9H10O4/c1-2-11-9(10)8-7(13-8)6-4-3-5-12-6/h3-5,7-8H,2H2,1H3/t7-,8+/m1/s1. The Hall–Kier alpha value is -1.29. The SMILES string of the molecule is CCOC(=O)[C@H]1O[C@@H]1c1ccco1. The van der Waals surface area contributed by atoms with Crippen LogP contribution in [0.2, 0.25) is 0 Å². The fraction of sp³-hybridized carbons (Fsp3) is 0.444. The maximum atomic E-state index is 11.1. The van der Waals surface area contributed by atoms with Gasteiger partial charge >= 0.3 is 5.97 Å². The Morgan fingerprint density at radius 3 is 3.15 bits per heavy atom. The zero-order valence-corrected chi connectivity index (χ0v) is 7.23. The highest BCUT2D eigenvalue weighted by Gasteiger charge is 2.49. The van der Waals surface area contributed by atoms with E-state index < -0.39 is 6.10 Å². The molecule has 0 unspecified atom stereocenters. The predicted octanol–water partition coefficient (Wildman–Crippen LogP) is 1.28. The topological polar surface area (TPSA) is 52.0 Å². The molecule has 2 heterocycles. The van der Waals surface area contributed by atoms with Crippen molar-refractivity contribution in [3.05, 3.63) is 24.2 Å². The smallest absolute Gasteiger partial charge is 0.338 e. The van der Waals surface area contributed by atoms with Crippen molar-refractivity contribution in [3.63, 3.8) is 0 Å². The van der Waals surface area contributed by atoms with E-state index in [2.05, 4.69) is 0 Å². The highest BCUT2D eigenvalue weighted by atomic mass is 16.6. The number of hydrogen-bond acceptors (Lipinski definition) is 4. The third-order valence-electron chi connectivity index (χ3n) is 1.83. The van der Waals surface area contributed by atoms with Crippen LogP contribution in [0.4, 0.5) is 0 Å². The number of carbonyl (C=O) groups is 1. The lowest BCUT2D eigenvalue weighted by molar-refractivity contribution is -0.144. The minimum atomic E-state index is -0.467. The molecule has 13 heavy (non-hydrogen) atoms. The molecular formula is C9H10O4. The van der Waals surface area contributed by atoms with E-state index in [1.54, 1.807) is 25.3 Å². The quantitative estimate of drug-likeness (QED) is 0.522. The maximum absolute atomic E-state index is 11.1. The van der Waals surface area contributed by atoms with Crippen molar-refractivity contribution in [3.8, 4) is 0 Å². The molecule has 1 aromatic heterocycles. The average Bonchev–Trinajstić information content (AvgIpc) is 2.74. The van der Waals surface area contributed by atoms with Crippen molar-refractivity contribution in [1.82, 2.24) is 0 Å². The molecular weight excluding hydrogens is 172 g/mol. The van der Waals surface area contributed by atoms with Gasteiger partial charge in [0.2, 0.25) is 0 Å². The van der Waals surface area contributed by atoms with E-state index in [-0.39, 0.29) is 12.1 Å². The van der Waals surface area contributed by atoms with Crippen molar-refractivity contribution in [2.24, 2.45) is 0 Å². The van der Waals surface area contributed by atoms with Crippen molar-refractivity contribution in [2.45, 2.75) is 19.1 Å². The fourth-order valence-electron chi connectivity index (χ4n) is 1.19. The summed E-state index contributed by atoms with van der Waals surface area (Å²) < 4.78 is 15.0. The van der Waals surface area contributed by atoms with Gasteiger partial charge in [-0.15, -0.1) is 0 Å². The first-order valence-corrected chi connectivity index (χ1v) is 4.18. The Bertz CT molecular complexity index is 291. The van der Waals surface area contributed by atoms with E-state index in [4.69, 9.17) is 13.9 Å². The third-order valence-corrected chi connectivity index (χ3v) is 1.83. The molecule has 0 radical (unpaired) electrons. The summed E-state index contributed by atoms with van der Waals surface area (Å²) in [6, 6.07) is 3.54. The van der Waals surface area contributed by atoms with Gasteiger partial charge in [-0.05, 0) is 19.1 Å². The molecule has 70 valence electrons. The second-order valence-electron chi connectivity index (χ2n) is 2.74. The van der Waals surface area contributed by atoms with Crippen LogP contribution in [0, 0.1) is 0 Å². The lowest BCUT2D eigenvalue weighted by atomic mass is 10.2. The molecule has 4 heteroatoms. The summed E-state index contributed by atoms with van der Waals surface area (Å²) in [5, 5.41) is 0. The lowest BCUT2D eigenvalue weighted by Gasteiger charge is -1.95. The molecule has 1 aromatic rings. The molecule has 0 saturated carbocycles. The Morgan fingerprint density at radius 1 is 1.69 bits per heavy atom. The summed E-state index contributed by atoms with van der Waals surface area (Å²) in [6.07, 6.45) is 0.847. The van der Waals surface area contributed by atoms with Crippen LogP contribution in [0.25, 0.3) is 0 Å². The van der Waals surface area contributed by atoms with Gasteiger partial charge in [0.15, 0.2) is 12.2 Å². The van der Waals surface area contributed by atoms with Crippen LogP contribution in [-0.4, -0.2) is 18.7 Å². The van der Waals surface area contributed by atoms with Gasteiger partial charge in [0.1, 0.15) is 5.76 Å². The number of esters is 1. The van der Waals surface area contributed by atoms with Gasteiger partial charge in [-0.1, -0.05) is 0 Å². The summed E-state index contributed by atoms with van der Waals surface area (Å²) in [5.41, 5.74) is 0. The molecule has 2 atom stereocenters. The molecule has 0 aliphatic carbocycles. The third kappa shape index (κ3) is 1.58. The van der Waals surface area contributed by atoms with Crippen LogP contribution in [0.5, 0.6) is 0 Å². The molecule has 0 amide bonds. The zero-order valence-electron chi connectivity index (χ0n) is 7.23. The minimum Gasteiger partial charge on any atom is -0.466 e. The second-order valence-corrected chi connectivity index (χ2v) is 2.74. The number of epoxide rings is 1. The van der Waals surface area contributed by atoms with Gasteiger partial charge in [-0.2, -0.15) is 0 Å². The minimum absolute atomic E-state index is 0.242. The molecule has 0 aromatic carbocycles. The van der Waals surface area contributed by atoms with Crippen molar-refractivity contribution in [2.75, 3.05) is 6.61 Å². The maximum Gasteiger partial charge on any atom is 0.338 e. The number of hydrogen-bond donors (Lipinski definition) is 0. The second kappa shape index (κ2) is 3.22. The van der Waals surface area contributed by atoms with Gasteiger partial charge in [0.25, 0.3) is 0 Å². The lowest BCUT2D eigenvalue weighted by Crippen LogP contribution is -2.11. The molecule has 0 spiro atoms. The van der Waals surface area contributed by atoms with E-state index in [9.17, 15) is 4.79 Å². The van der Waals surface area contributed by atoms with Crippen LogP contribution < -0.4 is 0 Å². The summed E-state index contributed by atoms with van der Waals surface area (Å²) in [6.45, 7) is 2.14. The summed E-state index contributed by atoms with van der Waals surface area (Å²) >= 11 is 0. The van der Waals surface area contributed by atoms with Crippen LogP contribution in [-0.2, 0) is 14.3 Å². The molecule has 2 rings (SSSR count). The van der Waals surface area contributed by atoms with Gasteiger partial charge < -0.3 is 13.9 Å². The Kier molecular flexibility index (Phi) is 2.06. The van der Waals surface area contributed by atoms with Gasteiger partial charge in [0.05, 0.1) is 12.9 Å². The molecule has 1 saturated heterocycles. The van der Waals surface area contributed by atoms with Crippen molar-refractivity contribution < 1.29 is 18.7 Å². The van der Waals surface area contributed by atoms with Crippen LogP contribution >= 0.6 is 0 Å². The van der Waals surface area contributed by atoms with Gasteiger partial charge in [-0.3, -0.25) is 0 Å². The van der Waals surface area contributed by atoms with E-state index in [0.29, 0.717) is 12.4 Å². The summed E-state index contributed by atoms with van der Waals surface area (Å²) in [5.74, 6) is 0.363. The van der Waals surface area contributed by atoms with Crippen LogP contribution in [0.3, 0.4) is 0 Å². The van der Waals surface area contributed by atoms with E-state index >= 15 is 0 Å². The normalized spacial score (nSPS) is 25.6. The van der Waals surface area contributed by atoms with Gasteiger partial charge in [-0.25, -0.2) is 4.79 Å². The molecule has 0 bridgehead atoms. The van der Waals surface area contributed by atoms with Crippen molar-refractivity contribution >= 4 is 5.97 Å². The zero-order chi connectivity index (χ0) is 9.26. The molecule has 0 N–H and O–H groups in total. The first kappa shape index (κ1) is 8.31. The molecule has 1 fully saturated rings. The first-order chi connectivity index (χ1) is 6.33. The summed E-state index contributed by atoms with van der Waals surface area (Å²) in [7, 11) is 0. The molecule has 4 nitrogen and oxygen atoms in total. The average molecular weight is 182 g/mol. The van der Waals surface area contributed by atoms with Crippen molar-refractivity contribution in [1.29, 1.82) is 0 Å². The monoisotopic (exact) mass is 182 g/mol. The number of furan rings is 1. The Morgan fingerprint density at radius 2 is 2.54 bits per heavy atom. The highest BCUT2D eigenvalue weighted by molar-refractivity contribution is 5.78. The van der Waals surface area contributed by atoms with Crippen LogP contribution in [0.15, 0.2) is 22.8 Å². The van der Waals surface area contributed by atoms with E-state index in [0.717, 1.165) is 0 Å². The van der Waals surface area contributed by atoms with Crippen LogP contribution in [0.1, 0.15) is 18.8 Å². The number of rotatable bonds is 3. The van der Waals surface area contributed by atoms with E-state index in [1.807, 2.05) is 0 Å². The first-order valence-electron chi connectivity index (χ1n) is 4.18. The predicted molar refractivity (Wildman–Crippen MR) is 43.0 cm³/mol. The summed E-state index contributed by atoms with van der Waals surface area (Å²) in [4.78, 5) is 11.1. The fourth-order valence-corrected chi connectivity index (χ4v) is 1.19. The number of carbonyl (C=O) groups excluding carboxylic acids is 1. The number of ether oxygens (including phenoxy) is 2. The Labute approximate surface area is 75.4 Å². The highest BCUT2D eigenvalue weighted by Crippen LogP contribution is 2.39. The van der Waals surface area contributed by atoms with Gasteiger partial charge in [0, 0.05) is 0 Å².